The van der Waals surface area contributed by atoms with Gasteiger partial charge in [-0.2, -0.15) is 5.10 Å². The Bertz CT molecular complexity index is 744. The molecule has 24 heavy (non-hydrogen) atoms. The maximum atomic E-state index is 11.4. The fourth-order valence-electron chi connectivity index (χ4n) is 3.24. The number of nitrogens with zero attached hydrogens (tertiary/aromatic N) is 3. The Hall–Kier alpha value is -2.74. The molecule has 0 saturated carbocycles. The van der Waals surface area contributed by atoms with Gasteiger partial charge >= 0.3 is 0 Å². The van der Waals surface area contributed by atoms with Gasteiger partial charge in [0.2, 0.25) is 5.91 Å². The summed E-state index contributed by atoms with van der Waals surface area (Å²) in [7, 11) is 0. The average molecular weight is 329 g/mol. The van der Waals surface area contributed by atoms with Crippen LogP contribution in [0.25, 0.3) is 0 Å². The zero-order chi connectivity index (χ0) is 17.1. The Morgan fingerprint density at radius 3 is 2.96 bits per heavy atom. The summed E-state index contributed by atoms with van der Waals surface area (Å²) in [5.41, 5.74) is 6.98. The lowest BCUT2D eigenvalue weighted by atomic mass is 9.96. The van der Waals surface area contributed by atoms with Crippen molar-refractivity contribution in [2.75, 3.05) is 6.54 Å². The predicted octanol–water partition coefficient (Wildman–Crippen LogP) is 2.14. The molecular weight excluding hydrogens is 310 g/mol. The summed E-state index contributed by atoms with van der Waals surface area (Å²) in [6.45, 7) is 1.32. The third-order valence-corrected chi connectivity index (χ3v) is 4.46. The Morgan fingerprint density at radius 1 is 1.46 bits per heavy atom. The standard InChI is InChI=1S/C16H19N5O3/c17-16(22)11-4-5-12(15(7-11)21(23)24)10-20-6-2-1-3-14(20)13-8-18-19-9-13/h4-5,7-9,14H,1-3,6,10H2,(H2,17,22)(H,18,19)/t14-/m1/s1. The number of carbonyl (C=O) groups excluding carboxylic acids is 1. The number of hydrogen-bond donors (Lipinski definition) is 2. The number of H-pyrrole nitrogens is 1. The third kappa shape index (κ3) is 3.28. The van der Waals surface area contributed by atoms with E-state index in [0.717, 1.165) is 31.4 Å². The van der Waals surface area contributed by atoms with Crippen LogP contribution in [0.5, 0.6) is 0 Å². The highest BCUT2D eigenvalue weighted by Crippen LogP contribution is 2.33. The lowest BCUT2D eigenvalue weighted by molar-refractivity contribution is -0.385. The molecule has 1 aliphatic heterocycles. The summed E-state index contributed by atoms with van der Waals surface area (Å²) in [5.74, 6) is -0.668. The van der Waals surface area contributed by atoms with E-state index in [9.17, 15) is 14.9 Å². The molecule has 2 aromatic rings. The first kappa shape index (κ1) is 16.1. The number of aromatic amines is 1. The Kier molecular flexibility index (Phi) is 4.57. The minimum Gasteiger partial charge on any atom is -0.366 e. The van der Waals surface area contributed by atoms with Crippen LogP contribution in [0.3, 0.4) is 0 Å². The van der Waals surface area contributed by atoms with E-state index >= 15 is 0 Å². The van der Waals surface area contributed by atoms with Crippen molar-refractivity contribution in [3.63, 3.8) is 0 Å². The first-order valence-corrected chi connectivity index (χ1v) is 7.86. The number of benzene rings is 1. The lowest BCUT2D eigenvalue weighted by Crippen LogP contribution is -2.33. The smallest absolute Gasteiger partial charge is 0.274 e. The molecule has 2 heterocycles. The molecule has 0 spiro atoms. The average Bonchev–Trinajstić information content (AvgIpc) is 3.09. The van der Waals surface area contributed by atoms with Crippen molar-refractivity contribution in [3.8, 4) is 0 Å². The number of carbonyl (C=O) groups is 1. The number of nitrogens with two attached hydrogens (primary N) is 1. The van der Waals surface area contributed by atoms with Crippen molar-refractivity contribution in [3.05, 3.63) is 57.4 Å². The Balaban J connectivity index is 1.88. The highest BCUT2D eigenvalue weighted by Gasteiger charge is 2.27. The van der Waals surface area contributed by atoms with Crippen LogP contribution in [0, 0.1) is 10.1 Å². The summed E-state index contributed by atoms with van der Waals surface area (Å²) in [6.07, 6.45) is 6.84. The zero-order valence-electron chi connectivity index (χ0n) is 13.1. The van der Waals surface area contributed by atoms with Gasteiger partial charge in [-0.1, -0.05) is 12.5 Å². The van der Waals surface area contributed by atoms with E-state index in [1.54, 1.807) is 18.3 Å². The van der Waals surface area contributed by atoms with Crippen LogP contribution in [0.2, 0.25) is 0 Å². The molecule has 1 aromatic carbocycles. The lowest BCUT2D eigenvalue weighted by Gasteiger charge is -2.35. The topological polar surface area (TPSA) is 118 Å². The number of primary amides is 1. The number of aromatic nitrogens is 2. The van der Waals surface area contributed by atoms with Crippen LogP contribution in [0.15, 0.2) is 30.6 Å². The number of amides is 1. The summed E-state index contributed by atoms with van der Waals surface area (Å²) < 4.78 is 0. The van der Waals surface area contributed by atoms with E-state index in [-0.39, 0.29) is 17.3 Å². The zero-order valence-corrected chi connectivity index (χ0v) is 13.1. The summed E-state index contributed by atoms with van der Waals surface area (Å²) in [5, 5.41) is 18.2. The van der Waals surface area contributed by atoms with E-state index in [2.05, 4.69) is 15.1 Å². The van der Waals surface area contributed by atoms with Gasteiger partial charge in [0.15, 0.2) is 0 Å². The number of nitro benzene ring substituents is 1. The van der Waals surface area contributed by atoms with Gasteiger partial charge in [0, 0.05) is 41.5 Å². The number of nitrogens with one attached hydrogen (secondary N) is 1. The van der Waals surface area contributed by atoms with Gasteiger partial charge in [0.1, 0.15) is 0 Å². The molecule has 1 saturated heterocycles. The molecule has 0 radical (unpaired) electrons. The van der Waals surface area contributed by atoms with Crippen molar-refractivity contribution < 1.29 is 9.72 Å². The normalized spacial score (nSPS) is 18.4. The molecule has 126 valence electrons. The minimum atomic E-state index is -0.668. The van der Waals surface area contributed by atoms with Crippen LogP contribution in [0.4, 0.5) is 5.69 Å². The number of hydrogen-bond acceptors (Lipinski definition) is 5. The van der Waals surface area contributed by atoms with Gasteiger partial charge in [0.25, 0.3) is 5.69 Å². The van der Waals surface area contributed by atoms with Crippen LogP contribution < -0.4 is 5.73 Å². The van der Waals surface area contributed by atoms with Gasteiger partial charge in [-0.15, -0.1) is 0 Å². The monoisotopic (exact) mass is 329 g/mol. The fraction of sp³-hybridized carbons (Fsp3) is 0.375. The molecule has 3 N–H and O–H groups in total. The maximum Gasteiger partial charge on any atom is 0.274 e. The first-order valence-electron chi connectivity index (χ1n) is 7.86. The van der Waals surface area contributed by atoms with Crippen LogP contribution >= 0.6 is 0 Å². The highest BCUT2D eigenvalue weighted by atomic mass is 16.6. The minimum absolute atomic E-state index is 0.0668. The second-order valence-corrected chi connectivity index (χ2v) is 5.98. The van der Waals surface area contributed by atoms with E-state index in [1.165, 1.54) is 6.07 Å². The molecule has 8 heteroatoms. The quantitative estimate of drug-likeness (QED) is 0.643. The molecule has 8 nitrogen and oxygen atoms in total. The van der Waals surface area contributed by atoms with Crippen molar-refractivity contribution in [1.82, 2.24) is 15.1 Å². The van der Waals surface area contributed by atoms with Gasteiger partial charge in [-0.25, -0.2) is 0 Å². The van der Waals surface area contributed by atoms with Crippen molar-refractivity contribution >= 4 is 11.6 Å². The van der Waals surface area contributed by atoms with E-state index < -0.39 is 10.8 Å². The van der Waals surface area contributed by atoms with Gasteiger partial charge in [-0.3, -0.25) is 24.9 Å². The molecule has 1 aromatic heterocycles. The van der Waals surface area contributed by atoms with Crippen LogP contribution in [-0.4, -0.2) is 32.5 Å². The van der Waals surface area contributed by atoms with Crippen LogP contribution in [0.1, 0.15) is 46.8 Å². The van der Waals surface area contributed by atoms with Gasteiger partial charge in [-0.05, 0) is 25.5 Å². The number of rotatable bonds is 5. The number of nitro groups is 1. The van der Waals surface area contributed by atoms with E-state index in [4.69, 9.17) is 5.73 Å². The second kappa shape index (κ2) is 6.79. The summed E-state index contributed by atoms with van der Waals surface area (Å²) in [6, 6.07) is 4.61. The van der Waals surface area contributed by atoms with E-state index in [0.29, 0.717) is 12.1 Å². The molecular formula is C16H19N5O3. The number of likely N-dealkylation sites (tertiary alicyclic amines) is 1. The molecule has 1 aliphatic rings. The Morgan fingerprint density at radius 2 is 2.29 bits per heavy atom. The molecule has 0 unspecified atom stereocenters. The largest absolute Gasteiger partial charge is 0.366 e. The maximum absolute atomic E-state index is 11.4. The molecule has 0 bridgehead atoms. The van der Waals surface area contributed by atoms with Crippen LogP contribution in [-0.2, 0) is 6.54 Å². The SMILES string of the molecule is NC(=O)c1ccc(CN2CCCC[C@@H]2c2cn[nH]c2)c([N+](=O)[O-])c1. The fourth-order valence-corrected chi connectivity index (χ4v) is 3.24. The van der Waals surface area contributed by atoms with Gasteiger partial charge in [0.05, 0.1) is 11.1 Å². The Labute approximate surface area is 138 Å². The predicted molar refractivity (Wildman–Crippen MR) is 87.2 cm³/mol. The summed E-state index contributed by atoms with van der Waals surface area (Å²) in [4.78, 5) is 24.4. The van der Waals surface area contributed by atoms with Crippen molar-refractivity contribution in [2.24, 2.45) is 5.73 Å². The number of piperidine rings is 1. The molecule has 3 rings (SSSR count). The molecule has 1 amide bonds. The molecule has 1 atom stereocenters. The van der Waals surface area contributed by atoms with Crippen molar-refractivity contribution in [2.45, 2.75) is 31.8 Å². The summed E-state index contributed by atoms with van der Waals surface area (Å²) >= 11 is 0. The first-order chi connectivity index (χ1) is 11.6. The third-order valence-electron chi connectivity index (χ3n) is 4.46. The van der Waals surface area contributed by atoms with Crippen molar-refractivity contribution in [1.29, 1.82) is 0 Å². The van der Waals surface area contributed by atoms with E-state index in [1.807, 2.05) is 6.20 Å². The van der Waals surface area contributed by atoms with Gasteiger partial charge < -0.3 is 5.73 Å². The highest BCUT2D eigenvalue weighted by molar-refractivity contribution is 5.93. The molecule has 1 fully saturated rings. The second-order valence-electron chi connectivity index (χ2n) is 5.98. The molecule has 0 aliphatic carbocycles.